The molecule has 108 valence electrons. The van der Waals surface area contributed by atoms with Crippen LogP contribution in [0.25, 0.3) is 0 Å². The number of hydrogen-bond donors (Lipinski definition) is 1. The largest absolute Gasteiger partial charge is 0.434 e. The highest BCUT2D eigenvalue weighted by atomic mass is 19.3. The average molecular weight is 271 g/mol. The molecule has 1 N–H and O–H groups in total. The molecule has 4 heteroatoms. The number of ether oxygens (including phenoxy) is 1. The molecule has 0 amide bonds. The van der Waals surface area contributed by atoms with Gasteiger partial charge in [-0.1, -0.05) is 32.0 Å². The summed E-state index contributed by atoms with van der Waals surface area (Å²) < 4.78 is 29.2. The molecule has 0 aliphatic rings. The monoisotopic (exact) mass is 271 g/mol. The maximum Gasteiger partial charge on any atom is 0.387 e. The number of para-hydroxylation sites is 1. The molecule has 19 heavy (non-hydrogen) atoms. The minimum atomic E-state index is -2.78. The van der Waals surface area contributed by atoms with E-state index < -0.39 is 6.61 Å². The number of halogens is 2. The Bertz CT molecular complexity index is 369. The van der Waals surface area contributed by atoms with Crippen LogP contribution in [0.5, 0.6) is 5.75 Å². The quantitative estimate of drug-likeness (QED) is 0.709. The van der Waals surface area contributed by atoms with Crippen molar-refractivity contribution in [1.82, 2.24) is 5.32 Å². The lowest BCUT2D eigenvalue weighted by Gasteiger charge is -2.18. The van der Waals surface area contributed by atoms with Gasteiger partial charge in [-0.2, -0.15) is 8.78 Å². The first kappa shape index (κ1) is 15.9. The molecule has 0 saturated heterocycles. The zero-order valence-corrected chi connectivity index (χ0v) is 11.8. The predicted octanol–water partition coefficient (Wildman–Crippen LogP) is 4.37. The average Bonchev–Trinajstić information content (AvgIpc) is 2.34. The van der Waals surface area contributed by atoms with E-state index in [9.17, 15) is 8.78 Å². The SMILES string of the molecule is CC(C)CCCNC(C)c1ccccc1OC(F)F. The Morgan fingerprint density at radius 3 is 2.47 bits per heavy atom. The van der Waals surface area contributed by atoms with E-state index >= 15 is 0 Å². The van der Waals surface area contributed by atoms with Crippen LogP contribution < -0.4 is 10.1 Å². The van der Waals surface area contributed by atoms with Crippen LogP contribution in [-0.2, 0) is 0 Å². The van der Waals surface area contributed by atoms with E-state index in [1.807, 2.05) is 19.1 Å². The highest BCUT2D eigenvalue weighted by molar-refractivity contribution is 5.35. The molecule has 0 aromatic heterocycles. The zero-order valence-electron chi connectivity index (χ0n) is 11.8. The molecular weight excluding hydrogens is 248 g/mol. The molecule has 0 bridgehead atoms. The van der Waals surface area contributed by atoms with Crippen molar-refractivity contribution >= 4 is 0 Å². The van der Waals surface area contributed by atoms with Crippen LogP contribution >= 0.6 is 0 Å². The molecule has 0 aliphatic heterocycles. The normalized spacial score (nSPS) is 13.0. The summed E-state index contributed by atoms with van der Waals surface area (Å²) >= 11 is 0. The molecule has 1 aromatic carbocycles. The third kappa shape index (κ3) is 6.01. The van der Waals surface area contributed by atoms with Crippen molar-refractivity contribution in [3.63, 3.8) is 0 Å². The van der Waals surface area contributed by atoms with Crippen LogP contribution in [0, 0.1) is 5.92 Å². The Labute approximate surface area is 114 Å². The van der Waals surface area contributed by atoms with Crippen molar-refractivity contribution in [2.24, 2.45) is 5.92 Å². The van der Waals surface area contributed by atoms with Gasteiger partial charge >= 0.3 is 6.61 Å². The molecule has 0 saturated carbocycles. The van der Waals surface area contributed by atoms with Crippen molar-refractivity contribution in [3.05, 3.63) is 29.8 Å². The molecule has 1 aromatic rings. The molecule has 0 spiro atoms. The maximum absolute atomic E-state index is 12.3. The summed E-state index contributed by atoms with van der Waals surface area (Å²) in [6, 6.07) is 6.93. The van der Waals surface area contributed by atoms with Gasteiger partial charge in [-0.15, -0.1) is 0 Å². The summed E-state index contributed by atoms with van der Waals surface area (Å²) in [5, 5.41) is 3.34. The van der Waals surface area contributed by atoms with Gasteiger partial charge in [0, 0.05) is 11.6 Å². The van der Waals surface area contributed by atoms with Crippen LogP contribution in [0.15, 0.2) is 24.3 Å². The van der Waals surface area contributed by atoms with Gasteiger partial charge in [0.05, 0.1) is 0 Å². The van der Waals surface area contributed by atoms with E-state index in [0.29, 0.717) is 5.92 Å². The highest BCUT2D eigenvalue weighted by Gasteiger charge is 2.13. The highest BCUT2D eigenvalue weighted by Crippen LogP contribution is 2.26. The molecule has 0 aliphatic carbocycles. The molecule has 0 radical (unpaired) electrons. The summed E-state index contributed by atoms with van der Waals surface area (Å²) in [5.41, 5.74) is 0.771. The van der Waals surface area contributed by atoms with E-state index in [-0.39, 0.29) is 11.8 Å². The van der Waals surface area contributed by atoms with E-state index in [0.717, 1.165) is 24.9 Å². The van der Waals surface area contributed by atoms with Gasteiger partial charge in [0.15, 0.2) is 0 Å². The lowest BCUT2D eigenvalue weighted by Crippen LogP contribution is -2.21. The summed E-state index contributed by atoms with van der Waals surface area (Å²) in [5.74, 6) is 0.938. The molecule has 0 heterocycles. The number of benzene rings is 1. The van der Waals surface area contributed by atoms with Crippen molar-refractivity contribution < 1.29 is 13.5 Å². The second-order valence-electron chi connectivity index (χ2n) is 5.13. The predicted molar refractivity (Wildman–Crippen MR) is 73.6 cm³/mol. The second kappa shape index (κ2) is 8.10. The summed E-state index contributed by atoms with van der Waals surface area (Å²) in [4.78, 5) is 0. The van der Waals surface area contributed by atoms with Gasteiger partial charge in [0.1, 0.15) is 5.75 Å². The first-order valence-corrected chi connectivity index (χ1v) is 6.77. The van der Waals surface area contributed by atoms with Crippen molar-refractivity contribution in [1.29, 1.82) is 0 Å². The van der Waals surface area contributed by atoms with Gasteiger partial charge in [0.2, 0.25) is 0 Å². The topological polar surface area (TPSA) is 21.3 Å². The fraction of sp³-hybridized carbons (Fsp3) is 0.600. The van der Waals surface area contributed by atoms with E-state index in [2.05, 4.69) is 23.9 Å². The smallest absolute Gasteiger partial charge is 0.387 e. The number of alkyl halides is 2. The third-order valence-corrected chi connectivity index (χ3v) is 3.01. The minimum absolute atomic E-state index is 0.00196. The standard InChI is InChI=1S/C15H23F2NO/c1-11(2)7-6-10-18-12(3)13-8-4-5-9-14(13)19-15(16)17/h4-5,8-9,11-12,15,18H,6-7,10H2,1-3H3. The Morgan fingerprint density at radius 2 is 1.84 bits per heavy atom. The van der Waals surface area contributed by atoms with Crippen LogP contribution in [0.3, 0.4) is 0 Å². The van der Waals surface area contributed by atoms with Crippen LogP contribution in [0.2, 0.25) is 0 Å². The molecule has 1 rings (SSSR count). The van der Waals surface area contributed by atoms with Crippen molar-refractivity contribution in [2.45, 2.75) is 46.3 Å². The van der Waals surface area contributed by atoms with Crippen molar-refractivity contribution in [2.75, 3.05) is 6.54 Å². The number of hydrogen-bond acceptors (Lipinski definition) is 2. The van der Waals surface area contributed by atoms with E-state index in [4.69, 9.17) is 0 Å². The number of nitrogens with one attached hydrogen (secondary N) is 1. The molecule has 0 fully saturated rings. The molecule has 1 atom stereocenters. The zero-order chi connectivity index (χ0) is 14.3. The first-order chi connectivity index (χ1) is 9.00. The van der Waals surface area contributed by atoms with E-state index in [1.165, 1.54) is 0 Å². The Balaban J connectivity index is 2.53. The lowest BCUT2D eigenvalue weighted by molar-refractivity contribution is -0.0506. The van der Waals surface area contributed by atoms with E-state index in [1.54, 1.807) is 12.1 Å². The Hall–Kier alpha value is -1.16. The van der Waals surface area contributed by atoms with Gasteiger partial charge in [-0.05, 0) is 38.3 Å². The summed E-state index contributed by atoms with van der Waals surface area (Å²) in [6.07, 6.45) is 2.24. The van der Waals surface area contributed by atoms with Crippen LogP contribution in [0.4, 0.5) is 8.78 Å². The fourth-order valence-electron chi connectivity index (χ4n) is 1.98. The van der Waals surface area contributed by atoms with Gasteiger partial charge in [-0.3, -0.25) is 0 Å². The third-order valence-electron chi connectivity index (χ3n) is 3.01. The molecular formula is C15H23F2NO. The van der Waals surface area contributed by atoms with Crippen LogP contribution in [0.1, 0.15) is 45.2 Å². The van der Waals surface area contributed by atoms with Gasteiger partial charge < -0.3 is 10.1 Å². The van der Waals surface area contributed by atoms with Crippen molar-refractivity contribution in [3.8, 4) is 5.75 Å². The second-order valence-corrected chi connectivity index (χ2v) is 5.13. The maximum atomic E-state index is 12.3. The molecule has 2 nitrogen and oxygen atoms in total. The fourth-order valence-corrected chi connectivity index (χ4v) is 1.98. The van der Waals surface area contributed by atoms with Gasteiger partial charge in [0.25, 0.3) is 0 Å². The minimum Gasteiger partial charge on any atom is -0.434 e. The lowest BCUT2D eigenvalue weighted by atomic mass is 10.1. The summed E-state index contributed by atoms with van der Waals surface area (Å²) in [6.45, 7) is 4.44. The van der Waals surface area contributed by atoms with Crippen LogP contribution in [-0.4, -0.2) is 13.2 Å². The first-order valence-electron chi connectivity index (χ1n) is 6.77. The molecule has 1 unspecified atom stereocenters. The number of rotatable bonds is 8. The Morgan fingerprint density at radius 1 is 1.16 bits per heavy atom. The Kier molecular flexibility index (Phi) is 6.78. The van der Waals surface area contributed by atoms with Gasteiger partial charge in [-0.25, -0.2) is 0 Å². The summed E-state index contributed by atoms with van der Waals surface area (Å²) in [7, 11) is 0.